The number of aryl methyl sites for hydroxylation is 1. The molecular weight excluding hydrogens is 400 g/mol. The van der Waals surface area contributed by atoms with E-state index in [0.717, 1.165) is 41.6 Å². The van der Waals surface area contributed by atoms with E-state index in [-0.39, 0.29) is 11.9 Å². The Labute approximate surface area is 179 Å². The van der Waals surface area contributed by atoms with Gasteiger partial charge in [0.25, 0.3) is 5.91 Å². The van der Waals surface area contributed by atoms with Crippen LogP contribution in [-0.2, 0) is 0 Å². The Bertz CT molecular complexity index is 1010. The average molecular weight is 425 g/mol. The summed E-state index contributed by atoms with van der Waals surface area (Å²) in [7, 11) is 1.61. The number of benzene rings is 1. The lowest BCUT2D eigenvalue weighted by atomic mass is 10.0. The van der Waals surface area contributed by atoms with Crippen LogP contribution in [0, 0.1) is 6.92 Å². The third-order valence-corrected chi connectivity index (χ3v) is 5.73. The molecule has 0 saturated carbocycles. The number of carbonyl (C=O) groups is 1. The van der Waals surface area contributed by atoms with E-state index in [1.165, 1.54) is 11.5 Å². The Hall–Kier alpha value is -3.20. The van der Waals surface area contributed by atoms with Crippen molar-refractivity contribution in [2.45, 2.75) is 25.8 Å². The van der Waals surface area contributed by atoms with Gasteiger partial charge in [-0.05, 0) is 61.6 Å². The largest absolute Gasteiger partial charge is 0.497 e. The number of hydrogen-bond donors (Lipinski definition) is 2. The van der Waals surface area contributed by atoms with Gasteiger partial charge in [0.1, 0.15) is 16.6 Å². The lowest BCUT2D eigenvalue weighted by Crippen LogP contribution is -2.48. The van der Waals surface area contributed by atoms with Crippen LogP contribution < -0.4 is 20.3 Å². The van der Waals surface area contributed by atoms with Crippen LogP contribution in [0.2, 0.25) is 0 Å². The van der Waals surface area contributed by atoms with E-state index < -0.39 is 0 Å². The summed E-state index contributed by atoms with van der Waals surface area (Å²) in [6.07, 6.45) is 5.37. The molecule has 0 aliphatic carbocycles. The van der Waals surface area contributed by atoms with E-state index in [9.17, 15) is 4.79 Å². The van der Waals surface area contributed by atoms with Crippen LogP contribution >= 0.6 is 11.5 Å². The first-order valence-corrected chi connectivity index (χ1v) is 10.6. The molecule has 1 aliphatic heterocycles. The van der Waals surface area contributed by atoms with E-state index in [1.807, 2.05) is 13.0 Å². The van der Waals surface area contributed by atoms with Gasteiger partial charge in [0.15, 0.2) is 5.82 Å². The minimum atomic E-state index is -0.0773. The molecule has 1 aromatic carbocycles. The van der Waals surface area contributed by atoms with E-state index in [4.69, 9.17) is 9.72 Å². The van der Waals surface area contributed by atoms with Gasteiger partial charge in [-0.15, -0.1) is 0 Å². The number of rotatable bonds is 6. The Morgan fingerprint density at radius 2 is 2.10 bits per heavy atom. The quantitative estimate of drug-likeness (QED) is 0.627. The number of hydrogen-bond acceptors (Lipinski definition) is 8. The number of nitrogens with zero attached hydrogens (tertiary/aromatic N) is 4. The molecule has 1 saturated heterocycles. The van der Waals surface area contributed by atoms with Crippen molar-refractivity contribution in [3.63, 3.8) is 0 Å². The highest BCUT2D eigenvalue weighted by Gasteiger charge is 2.23. The number of piperidine rings is 1. The Morgan fingerprint density at radius 1 is 1.27 bits per heavy atom. The highest BCUT2D eigenvalue weighted by Crippen LogP contribution is 2.23. The highest BCUT2D eigenvalue weighted by molar-refractivity contribution is 7.10. The van der Waals surface area contributed by atoms with Gasteiger partial charge in [-0.1, -0.05) is 0 Å². The van der Waals surface area contributed by atoms with Crippen molar-refractivity contribution in [3.05, 3.63) is 54.0 Å². The number of aromatic nitrogens is 3. The SMILES string of the molecule is COc1ccc(C(=O)N[C@@H]2CCCN(c3cncc(Nc4cc(C)ns4)n3)C2)cc1. The van der Waals surface area contributed by atoms with Crippen molar-refractivity contribution in [3.8, 4) is 5.75 Å². The third-order valence-electron chi connectivity index (χ3n) is 4.93. The van der Waals surface area contributed by atoms with Gasteiger partial charge >= 0.3 is 0 Å². The fourth-order valence-corrected chi connectivity index (χ4v) is 4.10. The maximum Gasteiger partial charge on any atom is 0.251 e. The molecule has 0 unspecified atom stereocenters. The molecule has 1 atom stereocenters. The number of methoxy groups -OCH3 is 1. The van der Waals surface area contributed by atoms with Gasteiger partial charge in [-0.3, -0.25) is 9.78 Å². The summed E-state index contributed by atoms with van der Waals surface area (Å²) in [5.41, 5.74) is 1.59. The van der Waals surface area contributed by atoms with Gasteiger partial charge in [0.2, 0.25) is 0 Å². The molecule has 4 rings (SSSR count). The Balaban J connectivity index is 1.39. The average Bonchev–Trinajstić information content (AvgIpc) is 3.18. The van der Waals surface area contributed by atoms with E-state index >= 15 is 0 Å². The fourth-order valence-electron chi connectivity index (χ4n) is 3.43. The lowest BCUT2D eigenvalue weighted by molar-refractivity contribution is 0.0933. The summed E-state index contributed by atoms with van der Waals surface area (Å²) < 4.78 is 9.42. The summed E-state index contributed by atoms with van der Waals surface area (Å²) in [6, 6.07) is 9.16. The third kappa shape index (κ3) is 4.85. The molecule has 8 nitrogen and oxygen atoms in total. The van der Waals surface area contributed by atoms with Crippen molar-refractivity contribution in [1.82, 2.24) is 19.7 Å². The number of amides is 1. The van der Waals surface area contributed by atoms with Crippen molar-refractivity contribution < 1.29 is 9.53 Å². The summed E-state index contributed by atoms with van der Waals surface area (Å²) in [6.45, 7) is 3.53. The molecule has 1 aliphatic rings. The van der Waals surface area contributed by atoms with Crippen LogP contribution in [0.4, 0.5) is 16.6 Å². The van der Waals surface area contributed by atoms with E-state index in [1.54, 1.807) is 43.8 Å². The van der Waals surface area contributed by atoms with Crippen LogP contribution in [0.3, 0.4) is 0 Å². The second-order valence-electron chi connectivity index (χ2n) is 7.21. The standard InChI is InChI=1S/C21H24N6O2S/c1-14-10-20(30-26-14)25-18-11-22-12-19(24-18)27-9-3-4-16(13-27)23-21(28)15-5-7-17(29-2)8-6-15/h5-8,10-12,16H,3-4,9,13H2,1-2H3,(H,23,28)(H,24,25)/t16-/m1/s1. The first-order chi connectivity index (χ1) is 14.6. The minimum Gasteiger partial charge on any atom is -0.497 e. The minimum absolute atomic E-state index is 0.0518. The summed E-state index contributed by atoms with van der Waals surface area (Å²) in [5.74, 6) is 2.13. The predicted molar refractivity (Wildman–Crippen MR) is 118 cm³/mol. The maximum absolute atomic E-state index is 12.6. The van der Waals surface area contributed by atoms with Crippen LogP contribution in [0.1, 0.15) is 28.9 Å². The molecule has 2 aromatic heterocycles. The zero-order valence-electron chi connectivity index (χ0n) is 17.0. The van der Waals surface area contributed by atoms with Crippen LogP contribution in [0.15, 0.2) is 42.7 Å². The monoisotopic (exact) mass is 424 g/mol. The molecule has 3 aromatic rings. The number of carbonyl (C=O) groups excluding carboxylic acids is 1. The van der Waals surface area contributed by atoms with Crippen molar-refractivity contribution in [1.29, 1.82) is 0 Å². The number of nitrogens with one attached hydrogen (secondary N) is 2. The normalized spacial score (nSPS) is 16.2. The predicted octanol–water partition coefficient (Wildman–Crippen LogP) is 3.39. The van der Waals surface area contributed by atoms with Crippen molar-refractivity contribution in [2.24, 2.45) is 0 Å². The van der Waals surface area contributed by atoms with Crippen molar-refractivity contribution in [2.75, 3.05) is 30.4 Å². The zero-order valence-corrected chi connectivity index (χ0v) is 17.8. The Morgan fingerprint density at radius 3 is 2.83 bits per heavy atom. The van der Waals surface area contributed by atoms with Gasteiger partial charge < -0.3 is 20.3 Å². The summed E-state index contributed by atoms with van der Waals surface area (Å²) in [4.78, 5) is 23.8. The van der Waals surface area contributed by atoms with Gasteiger partial charge in [0, 0.05) is 24.7 Å². The van der Waals surface area contributed by atoms with Crippen molar-refractivity contribution >= 4 is 34.1 Å². The molecule has 0 spiro atoms. The van der Waals surface area contributed by atoms with Crippen LogP contribution in [0.25, 0.3) is 0 Å². The molecule has 9 heteroatoms. The van der Waals surface area contributed by atoms with E-state index in [0.29, 0.717) is 17.9 Å². The summed E-state index contributed by atoms with van der Waals surface area (Å²) >= 11 is 1.40. The first-order valence-electron chi connectivity index (χ1n) is 9.83. The molecular formula is C21H24N6O2S. The number of ether oxygens (including phenoxy) is 1. The second-order valence-corrected chi connectivity index (χ2v) is 8.01. The summed E-state index contributed by atoms with van der Waals surface area (Å²) in [5, 5.41) is 7.32. The first kappa shape index (κ1) is 20.1. The fraction of sp³-hybridized carbons (Fsp3) is 0.333. The molecule has 2 N–H and O–H groups in total. The Kier molecular flexibility index (Phi) is 6.08. The lowest BCUT2D eigenvalue weighted by Gasteiger charge is -2.33. The molecule has 3 heterocycles. The molecule has 1 fully saturated rings. The van der Waals surface area contributed by atoms with Gasteiger partial charge in [0.05, 0.1) is 25.2 Å². The molecule has 156 valence electrons. The van der Waals surface area contributed by atoms with E-state index in [2.05, 4.69) is 24.9 Å². The molecule has 30 heavy (non-hydrogen) atoms. The molecule has 0 radical (unpaired) electrons. The second kappa shape index (κ2) is 9.08. The van der Waals surface area contributed by atoms with Crippen LogP contribution in [0.5, 0.6) is 5.75 Å². The molecule has 1 amide bonds. The maximum atomic E-state index is 12.6. The van der Waals surface area contributed by atoms with Crippen LogP contribution in [-0.4, -0.2) is 46.5 Å². The van der Waals surface area contributed by atoms with Gasteiger partial charge in [-0.2, -0.15) is 4.37 Å². The molecule has 0 bridgehead atoms. The highest BCUT2D eigenvalue weighted by atomic mass is 32.1. The number of anilines is 3. The van der Waals surface area contributed by atoms with Gasteiger partial charge in [-0.25, -0.2) is 4.98 Å². The smallest absolute Gasteiger partial charge is 0.251 e. The zero-order chi connectivity index (χ0) is 20.9. The topological polar surface area (TPSA) is 92.3 Å².